The highest BCUT2D eigenvalue weighted by molar-refractivity contribution is 5.78. The monoisotopic (exact) mass is 215 g/mol. The molecular weight excluding hydrogens is 194 g/mol. The van der Waals surface area contributed by atoms with E-state index in [1.807, 2.05) is 4.90 Å². The molecule has 0 bridgehead atoms. The Hall–Kier alpha value is -0.610. The highest BCUT2D eigenvalue weighted by Gasteiger charge is 2.43. The molecule has 1 heterocycles. The van der Waals surface area contributed by atoms with E-state index in [2.05, 4.69) is 0 Å². The van der Waals surface area contributed by atoms with Gasteiger partial charge in [0.25, 0.3) is 0 Å². The van der Waals surface area contributed by atoms with Gasteiger partial charge in [0, 0.05) is 6.54 Å². The van der Waals surface area contributed by atoms with Crippen molar-refractivity contribution in [3.63, 3.8) is 0 Å². The average Bonchev–Trinajstić information content (AvgIpc) is 2.44. The fourth-order valence-electron chi connectivity index (χ4n) is 2.03. The maximum atomic E-state index is 11.2. The summed E-state index contributed by atoms with van der Waals surface area (Å²) in [5.74, 6) is -0.754. The second-order valence-electron chi connectivity index (χ2n) is 5.23. The molecule has 4 heteroatoms. The first kappa shape index (κ1) is 12.5. The standard InChI is InChI=1S/C11H21NO3/c1-10(2,15)6-8-12-7-4-5-11(12,3)9(13)14/h15H,4-8H2,1-3H3,(H,13,14). The van der Waals surface area contributed by atoms with E-state index in [1.165, 1.54) is 0 Å². The number of carboxylic acids is 1. The molecule has 1 unspecified atom stereocenters. The van der Waals surface area contributed by atoms with E-state index in [9.17, 15) is 9.90 Å². The largest absolute Gasteiger partial charge is 0.480 e. The maximum absolute atomic E-state index is 11.2. The molecule has 1 aliphatic rings. The summed E-state index contributed by atoms with van der Waals surface area (Å²) in [6.45, 7) is 6.74. The summed E-state index contributed by atoms with van der Waals surface area (Å²) < 4.78 is 0. The van der Waals surface area contributed by atoms with Crippen molar-refractivity contribution in [2.24, 2.45) is 0 Å². The fourth-order valence-corrected chi connectivity index (χ4v) is 2.03. The summed E-state index contributed by atoms with van der Waals surface area (Å²) in [7, 11) is 0. The Morgan fingerprint density at radius 1 is 1.53 bits per heavy atom. The number of aliphatic carboxylic acids is 1. The van der Waals surface area contributed by atoms with Gasteiger partial charge in [-0.15, -0.1) is 0 Å². The zero-order chi connectivity index (χ0) is 11.7. The first-order valence-electron chi connectivity index (χ1n) is 5.46. The number of hydrogen-bond donors (Lipinski definition) is 2. The van der Waals surface area contributed by atoms with Crippen molar-refractivity contribution < 1.29 is 15.0 Å². The lowest BCUT2D eigenvalue weighted by molar-refractivity contribution is -0.149. The van der Waals surface area contributed by atoms with Gasteiger partial charge in [0.1, 0.15) is 5.54 Å². The van der Waals surface area contributed by atoms with Crippen LogP contribution in [0.1, 0.15) is 40.0 Å². The molecule has 0 amide bonds. The van der Waals surface area contributed by atoms with Crippen molar-refractivity contribution in [3.05, 3.63) is 0 Å². The van der Waals surface area contributed by atoms with E-state index in [1.54, 1.807) is 20.8 Å². The van der Waals surface area contributed by atoms with Crippen LogP contribution in [0.15, 0.2) is 0 Å². The maximum Gasteiger partial charge on any atom is 0.323 e. The van der Waals surface area contributed by atoms with E-state index < -0.39 is 17.1 Å². The Morgan fingerprint density at radius 3 is 2.60 bits per heavy atom. The predicted molar refractivity (Wildman–Crippen MR) is 57.8 cm³/mol. The lowest BCUT2D eigenvalue weighted by Crippen LogP contribution is -2.49. The van der Waals surface area contributed by atoms with Gasteiger partial charge >= 0.3 is 5.97 Å². The third-order valence-corrected chi connectivity index (χ3v) is 3.24. The molecule has 88 valence electrons. The van der Waals surface area contributed by atoms with Gasteiger partial charge in [-0.05, 0) is 46.6 Å². The molecule has 1 fully saturated rings. The van der Waals surface area contributed by atoms with E-state index in [0.717, 1.165) is 13.0 Å². The van der Waals surface area contributed by atoms with Gasteiger partial charge < -0.3 is 10.2 Å². The minimum Gasteiger partial charge on any atom is -0.480 e. The molecule has 15 heavy (non-hydrogen) atoms. The summed E-state index contributed by atoms with van der Waals surface area (Å²) in [4.78, 5) is 13.1. The van der Waals surface area contributed by atoms with Gasteiger partial charge in [0.05, 0.1) is 5.60 Å². The Bertz CT molecular complexity index is 247. The normalized spacial score (nSPS) is 28.3. The second-order valence-corrected chi connectivity index (χ2v) is 5.23. The topological polar surface area (TPSA) is 60.8 Å². The number of hydrogen-bond acceptors (Lipinski definition) is 3. The first-order valence-corrected chi connectivity index (χ1v) is 5.46. The number of carbonyl (C=O) groups is 1. The minimum absolute atomic E-state index is 0.607. The summed E-state index contributed by atoms with van der Waals surface area (Å²) in [6.07, 6.45) is 2.23. The van der Waals surface area contributed by atoms with Crippen LogP contribution in [0.3, 0.4) is 0 Å². The SMILES string of the molecule is CC(C)(O)CCN1CCCC1(C)C(=O)O. The summed E-state index contributed by atoms with van der Waals surface area (Å²) in [5.41, 5.74) is -1.45. The highest BCUT2D eigenvalue weighted by Crippen LogP contribution is 2.29. The van der Waals surface area contributed by atoms with Crippen LogP contribution in [0.25, 0.3) is 0 Å². The summed E-state index contributed by atoms with van der Waals surface area (Å²) >= 11 is 0. The van der Waals surface area contributed by atoms with Gasteiger partial charge in [-0.25, -0.2) is 0 Å². The van der Waals surface area contributed by atoms with Crippen LogP contribution in [0.2, 0.25) is 0 Å². The van der Waals surface area contributed by atoms with Gasteiger partial charge in [0.15, 0.2) is 0 Å². The molecule has 1 saturated heterocycles. The van der Waals surface area contributed by atoms with Crippen molar-refractivity contribution in [2.75, 3.05) is 13.1 Å². The summed E-state index contributed by atoms with van der Waals surface area (Å²) in [5, 5.41) is 18.8. The lowest BCUT2D eigenvalue weighted by Gasteiger charge is -2.32. The van der Waals surface area contributed by atoms with Crippen LogP contribution in [0.4, 0.5) is 0 Å². The van der Waals surface area contributed by atoms with E-state index in [-0.39, 0.29) is 0 Å². The first-order chi connectivity index (χ1) is 6.76. The highest BCUT2D eigenvalue weighted by atomic mass is 16.4. The molecule has 2 N–H and O–H groups in total. The number of aliphatic hydroxyl groups is 1. The zero-order valence-electron chi connectivity index (χ0n) is 9.79. The van der Waals surface area contributed by atoms with Crippen molar-refractivity contribution in [1.82, 2.24) is 4.90 Å². The van der Waals surface area contributed by atoms with Gasteiger partial charge in [-0.1, -0.05) is 0 Å². The Morgan fingerprint density at radius 2 is 2.13 bits per heavy atom. The molecule has 4 nitrogen and oxygen atoms in total. The van der Waals surface area contributed by atoms with Crippen LogP contribution in [0.5, 0.6) is 0 Å². The van der Waals surface area contributed by atoms with E-state index in [4.69, 9.17) is 5.11 Å². The van der Waals surface area contributed by atoms with Crippen LogP contribution < -0.4 is 0 Å². The number of carboxylic acid groups (broad SMARTS) is 1. The Labute approximate surface area is 90.9 Å². The zero-order valence-corrected chi connectivity index (χ0v) is 9.79. The predicted octanol–water partition coefficient (Wildman–Crippen LogP) is 1.09. The Kier molecular flexibility index (Phi) is 3.41. The smallest absolute Gasteiger partial charge is 0.323 e. The van der Waals surface area contributed by atoms with E-state index >= 15 is 0 Å². The van der Waals surface area contributed by atoms with Crippen molar-refractivity contribution in [3.8, 4) is 0 Å². The Balaban J connectivity index is 2.58. The van der Waals surface area contributed by atoms with Crippen LogP contribution in [-0.4, -0.2) is 45.3 Å². The third kappa shape index (κ3) is 2.92. The number of likely N-dealkylation sites (tertiary alicyclic amines) is 1. The third-order valence-electron chi connectivity index (χ3n) is 3.24. The molecule has 1 aliphatic heterocycles. The minimum atomic E-state index is -0.754. The van der Waals surface area contributed by atoms with Crippen molar-refractivity contribution >= 4 is 5.97 Å². The average molecular weight is 215 g/mol. The second kappa shape index (κ2) is 4.10. The van der Waals surface area contributed by atoms with Gasteiger partial charge in [-0.3, -0.25) is 9.69 Å². The molecule has 0 aromatic rings. The molecule has 1 atom stereocenters. The molecule has 1 rings (SSSR count). The molecule has 0 aromatic carbocycles. The van der Waals surface area contributed by atoms with Crippen LogP contribution >= 0.6 is 0 Å². The van der Waals surface area contributed by atoms with Crippen LogP contribution in [0, 0.1) is 0 Å². The molecule has 0 saturated carbocycles. The molecule has 0 aliphatic carbocycles. The molecule has 0 spiro atoms. The molecular formula is C11H21NO3. The molecule has 0 radical (unpaired) electrons. The van der Waals surface area contributed by atoms with Gasteiger partial charge in [-0.2, -0.15) is 0 Å². The van der Waals surface area contributed by atoms with Crippen molar-refractivity contribution in [2.45, 2.75) is 51.2 Å². The molecule has 0 aromatic heterocycles. The fraction of sp³-hybridized carbons (Fsp3) is 0.909. The van der Waals surface area contributed by atoms with Gasteiger partial charge in [0.2, 0.25) is 0 Å². The van der Waals surface area contributed by atoms with Crippen molar-refractivity contribution in [1.29, 1.82) is 0 Å². The number of nitrogens with zero attached hydrogens (tertiary/aromatic N) is 1. The summed E-state index contributed by atoms with van der Waals surface area (Å²) in [6, 6.07) is 0. The number of rotatable bonds is 4. The van der Waals surface area contributed by atoms with E-state index in [0.29, 0.717) is 19.4 Å². The van der Waals surface area contributed by atoms with Crippen LogP contribution in [-0.2, 0) is 4.79 Å². The quantitative estimate of drug-likeness (QED) is 0.737. The lowest BCUT2D eigenvalue weighted by atomic mass is 9.98.